The molecule has 7 nitrogen and oxygen atoms in total. The number of carbonyl (C=O) groups is 1. The quantitative estimate of drug-likeness (QED) is 0.489. The maximum absolute atomic E-state index is 14.5. The van der Waals surface area contributed by atoms with E-state index in [2.05, 4.69) is 25.3 Å². The van der Waals surface area contributed by atoms with Crippen molar-refractivity contribution in [3.8, 4) is 10.7 Å². The van der Waals surface area contributed by atoms with Crippen LogP contribution in [0.5, 0.6) is 0 Å². The number of aryl methyl sites for hydroxylation is 1. The van der Waals surface area contributed by atoms with Gasteiger partial charge >= 0.3 is 6.18 Å². The zero-order valence-electron chi connectivity index (χ0n) is 18.7. The van der Waals surface area contributed by atoms with Gasteiger partial charge in [-0.2, -0.15) is 13.2 Å². The van der Waals surface area contributed by atoms with E-state index in [1.807, 2.05) is 0 Å². The number of aromatic nitrogens is 4. The predicted octanol–water partition coefficient (Wildman–Crippen LogP) is 4.92. The zero-order valence-corrected chi connectivity index (χ0v) is 19.5. The summed E-state index contributed by atoms with van der Waals surface area (Å²) >= 11 is 1.19. The molecule has 0 spiro atoms. The first-order valence-corrected chi connectivity index (χ1v) is 11.5. The summed E-state index contributed by atoms with van der Waals surface area (Å²) in [6.45, 7) is 2.50. The number of piperidine rings is 1. The van der Waals surface area contributed by atoms with Crippen molar-refractivity contribution in [2.45, 2.75) is 38.4 Å². The van der Waals surface area contributed by atoms with Crippen LogP contribution in [0.15, 0.2) is 36.8 Å². The van der Waals surface area contributed by atoms with Gasteiger partial charge in [-0.15, -0.1) is 11.3 Å². The summed E-state index contributed by atoms with van der Waals surface area (Å²) in [5.74, 6) is -4.00. The summed E-state index contributed by atoms with van der Waals surface area (Å²) in [5.41, 5.74) is -0.915. The number of anilines is 1. The van der Waals surface area contributed by atoms with Crippen LogP contribution in [0.1, 0.15) is 34.4 Å². The molecule has 0 saturated carbocycles. The monoisotopic (exact) mass is 512 g/mol. The Labute approximate surface area is 201 Å². The van der Waals surface area contributed by atoms with Gasteiger partial charge in [0.25, 0.3) is 11.8 Å². The fourth-order valence-electron chi connectivity index (χ4n) is 4.03. The van der Waals surface area contributed by atoms with E-state index < -0.39 is 48.5 Å². The number of likely N-dealkylation sites (tertiary alicyclic amines) is 1. The molecule has 13 heteroatoms. The van der Waals surface area contributed by atoms with Crippen LogP contribution >= 0.6 is 11.3 Å². The predicted molar refractivity (Wildman–Crippen MR) is 119 cm³/mol. The van der Waals surface area contributed by atoms with E-state index in [9.17, 15) is 26.7 Å². The fourth-order valence-corrected chi connectivity index (χ4v) is 4.89. The van der Waals surface area contributed by atoms with Gasteiger partial charge in [0.15, 0.2) is 11.5 Å². The minimum atomic E-state index is -4.52. The Morgan fingerprint density at radius 1 is 1.23 bits per heavy atom. The molecule has 1 aliphatic heterocycles. The van der Waals surface area contributed by atoms with Gasteiger partial charge in [0.1, 0.15) is 10.7 Å². The van der Waals surface area contributed by atoms with Crippen molar-refractivity contribution in [1.29, 1.82) is 0 Å². The number of alkyl halides is 5. The maximum Gasteiger partial charge on any atom is 0.417 e. The largest absolute Gasteiger partial charge is 0.417 e. The second-order valence-electron chi connectivity index (χ2n) is 8.33. The number of nitrogens with one attached hydrogen (secondary N) is 1. The Balaban J connectivity index is 1.60. The number of rotatable bonds is 5. The lowest BCUT2D eigenvalue weighted by Crippen LogP contribution is -2.57. The van der Waals surface area contributed by atoms with E-state index in [0.717, 1.165) is 17.0 Å². The van der Waals surface area contributed by atoms with Gasteiger partial charge in [-0.3, -0.25) is 4.79 Å². The third-order valence-electron chi connectivity index (χ3n) is 5.63. The van der Waals surface area contributed by atoms with Gasteiger partial charge in [0, 0.05) is 31.6 Å². The first-order valence-electron chi connectivity index (χ1n) is 10.7. The van der Waals surface area contributed by atoms with Crippen molar-refractivity contribution < 1.29 is 26.7 Å². The van der Waals surface area contributed by atoms with Gasteiger partial charge in [-0.05, 0) is 31.0 Å². The Kier molecular flexibility index (Phi) is 6.71. The normalized spacial score (nSPS) is 20.0. The van der Waals surface area contributed by atoms with Crippen LogP contribution in [0.4, 0.5) is 27.8 Å². The average molecular weight is 513 g/mol. The third-order valence-corrected chi connectivity index (χ3v) is 6.60. The van der Waals surface area contributed by atoms with E-state index >= 15 is 0 Å². The summed E-state index contributed by atoms with van der Waals surface area (Å²) in [7, 11) is 0. The number of hydrogen-bond acceptors (Lipinski definition) is 7. The lowest BCUT2D eigenvalue weighted by atomic mass is 9.88. The molecular weight excluding hydrogens is 491 g/mol. The first kappa shape index (κ1) is 24.9. The van der Waals surface area contributed by atoms with Crippen molar-refractivity contribution in [2.24, 2.45) is 5.92 Å². The number of thiazole rings is 1. The number of halogens is 5. The molecule has 0 aliphatic carbocycles. The number of nitrogens with zero attached hydrogens (tertiary/aromatic N) is 5. The molecule has 1 aliphatic rings. The van der Waals surface area contributed by atoms with Crippen LogP contribution in [-0.4, -0.2) is 55.8 Å². The molecule has 3 aromatic heterocycles. The Hall–Kier alpha value is -3.22. The molecule has 4 heterocycles. The lowest BCUT2D eigenvalue weighted by molar-refractivity contribution is -0.137. The number of hydrogen-bond donors (Lipinski definition) is 1. The van der Waals surface area contributed by atoms with E-state index in [1.165, 1.54) is 23.7 Å². The van der Waals surface area contributed by atoms with E-state index in [1.54, 1.807) is 19.9 Å². The van der Waals surface area contributed by atoms with Crippen LogP contribution in [0.25, 0.3) is 10.7 Å². The average Bonchev–Trinajstić information content (AvgIpc) is 3.19. The lowest BCUT2D eigenvalue weighted by Gasteiger charge is -2.43. The molecule has 1 amide bonds. The van der Waals surface area contributed by atoms with E-state index in [4.69, 9.17) is 0 Å². The molecular formula is C22H21F5N6OS. The molecule has 4 rings (SSSR count). The zero-order chi connectivity index (χ0) is 25.4. The highest BCUT2D eigenvalue weighted by molar-refractivity contribution is 7.15. The van der Waals surface area contributed by atoms with Crippen LogP contribution in [0, 0.1) is 12.8 Å². The Morgan fingerprint density at radius 2 is 1.94 bits per heavy atom. The highest BCUT2D eigenvalue weighted by Gasteiger charge is 2.47. The molecule has 0 aromatic carbocycles. The van der Waals surface area contributed by atoms with Crippen molar-refractivity contribution in [1.82, 2.24) is 24.8 Å². The highest BCUT2D eigenvalue weighted by Crippen LogP contribution is 2.37. The summed E-state index contributed by atoms with van der Waals surface area (Å²) in [6.07, 6.45) is -1.26. The molecule has 3 aromatic rings. The number of amides is 1. The van der Waals surface area contributed by atoms with Crippen LogP contribution in [-0.2, 0) is 6.18 Å². The van der Waals surface area contributed by atoms with E-state index in [0.29, 0.717) is 16.1 Å². The molecule has 0 bridgehead atoms. The van der Waals surface area contributed by atoms with Crippen molar-refractivity contribution in [3.63, 3.8) is 0 Å². The van der Waals surface area contributed by atoms with Crippen LogP contribution < -0.4 is 5.32 Å². The Morgan fingerprint density at radius 3 is 2.57 bits per heavy atom. The topological polar surface area (TPSA) is 83.9 Å². The van der Waals surface area contributed by atoms with Crippen molar-refractivity contribution in [3.05, 3.63) is 53.1 Å². The second kappa shape index (κ2) is 9.44. The van der Waals surface area contributed by atoms with Gasteiger partial charge in [0.2, 0.25) is 0 Å². The van der Waals surface area contributed by atoms with E-state index in [-0.39, 0.29) is 23.9 Å². The highest BCUT2D eigenvalue weighted by atomic mass is 32.1. The molecule has 2 atom stereocenters. The van der Waals surface area contributed by atoms with Gasteiger partial charge in [-0.1, -0.05) is 6.92 Å². The second-order valence-corrected chi connectivity index (χ2v) is 9.53. The summed E-state index contributed by atoms with van der Waals surface area (Å²) in [4.78, 5) is 31.3. The summed E-state index contributed by atoms with van der Waals surface area (Å²) < 4.78 is 67.4. The molecule has 186 valence electrons. The van der Waals surface area contributed by atoms with Crippen LogP contribution in [0.2, 0.25) is 0 Å². The van der Waals surface area contributed by atoms with Gasteiger partial charge in [0.05, 0.1) is 23.2 Å². The fraction of sp³-hybridized carbons (Fsp3) is 0.409. The van der Waals surface area contributed by atoms with Crippen molar-refractivity contribution in [2.75, 3.05) is 18.4 Å². The number of carbonyl (C=O) groups excluding carboxylic acids is 1. The SMILES string of the molecule is Cc1nc(C(=O)N2CC(F)(F)C[C@@H](C)[C@H]2CNc2ccc(C(F)(F)F)cn2)c(-c2ncccn2)s1. The minimum absolute atomic E-state index is 0.0127. The van der Waals surface area contributed by atoms with Crippen molar-refractivity contribution >= 4 is 23.1 Å². The van der Waals surface area contributed by atoms with Crippen LogP contribution in [0.3, 0.4) is 0 Å². The molecule has 1 N–H and O–H groups in total. The third kappa shape index (κ3) is 5.55. The molecule has 1 fully saturated rings. The minimum Gasteiger partial charge on any atom is -0.368 e. The standard InChI is InChI=1S/C22H21F5N6OS/c1-12-8-21(23,24)11-33(15(12)10-31-16-5-4-14(9-30-16)22(25,26)27)20(34)17-18(35-13(2)32-17)19-28-6-3-7-29-19/h3-7,9,12,15H,8,10-11H2,1-2H3,(H,30,31)/t12-,15-/m1/s1. The maximum atomic E-state index is 14.5. The molecule has 35 heavy (non-hydrogen) atoms. The summed E-state index contributed by atoms with van der Waals surface area (Å²) in [5, 5.41) is 3.43. The Bertz CT molecular complexity index is 1190. The number of pyridine rings is 1. The smallest absolute Gasteiger partial charge is 0.368 e. The molecule has 0 unspecified atom stereocenters. The summed E-state index contributed by atoms with van der Waals surface area (Å²) in [6, 6.07) is 2.97. The first-order chi connectivity index (χ1) is 16.4. The molecule has 1 saturated heterocycles. The van der Waals surface area contributed by atoms with Gasteiger partial charge < -0.3 is 10.2 Å². The molecule has 0 radical (unpaired) electrons. The van der Waals surface area contributed by atoms with Gasteiger partial charge in [-0.25, -0.2) is 28.7 Å².